The lowest BCUT2D eigenvalue weighted by Crippen LogP contribution is -2.06. The second-order valence-corrected chi connectivity index (χ2v) is 10.1. The van der Waals surface area contributed by atoms with Gasteiger partial charge in [0.25, 0.3) is 10.1 Å². The normalized spacial score (nSPS) is 14.4. The fourth-order valence-corrected chi connectivity index (χ4v) is 4.69. The summed E-state index contributed by atoms with van der Waals surface area (Å²) in [6.45, 7) is 12.8. The Kier molecular flexibility index (Phi) is 8.45. The maximum Gasteiger partial charge on any atom is 0.294 e. The molecule has 0 bridgehead atoms. The fourth-order valence-electron chi connectivity index (χ4n) is 3.79. The van der Waals surface area contributed by atoms with Crippen molar-refractivity contribution in [3.8, 4) is 0 Å². The van der Waals surface area contributed by atoms with Gasteiger partial charge in [0.05, 0.1) is 4.90 Å². The van der Waals surface area contributed by atoms with Gasteiger partial charge in [-0.15, -0.1) is 0 Å². The minimum Gasteiger partial charge on any atom is -0.282 e. The van der Waals surface area contributed by atoms with Gasteiger partial charge in [-0.25, -0.2) is 0 Å². The summed E-state index contributed by atoms with van der Waals surface area (Å²) in [5.41, 5.74) is 5.62. The molecule has 2 aromatic carbocycles. The van der Waals surface area contributed by atoms with Crippen LogP contribution in [0.5, 0.6) is 0 Å². The third kappa shape index (κ3) is 6.29. The summed E-state index contributed by atoms with van der Waals surface area (Å²) in [5.74, 6) is 1.04. The van der Waals surface area contributed by atoms with Crippen molar-refractivity contribution in [3.05, 3.63) is 76.4 Å². The molecule has 0 saturated carbocycles. The van der Waals surface area contributed by atoms with Crippen LogP contribution in [0.2, 0.25) is 0 Å². The lowest BCUT2D eigenvalue weighted by atomic mass is 9.89. The monoisotopic (exact) mass is 428 g/mol. The molecule has 0 heterocycles. The number of aryl methyl sites for hydroxylation is 1. The van der Waals surface area contributed by atoms with Crippen molar-refractivity contribution >= 4 is 10.1 Å². The van der Waals surface area contributed by atoms with Gasteiger partial charge in [-0.1, -0.05) is 77.1 Å². The molecule has 3 nitrogen and oxygen atoms in total. The van der Waals surface area contributed by atoms with Crippen molar-refractivity contribution in [1.29, 1.82) is 0 Å². The molecule has 0 aliphatic rings. The van der Waals surface area contributed by atoms with Gasteiger partial charge in [-0.2, -0.15) is 8.42 Å². The Morgan fingerprint density at radius 1 is 0.933 bits per heavy atom. The molecule has 2 rings (SSSR count). The summed E-state index contributed by atoms with van der Waals surface area (Å²) in [6.07, 6.45) is 7.00. The molecule has 30 heavy (non-hydrogen) atoms. The second kappa shape index (κ2) is 10.4. The standard InChI is InChI=1S/C26H36O3S/c1-7-20(5)23-14-13-22(25(17-23)18(2)3)11-9-8-10-21(6)24-15-12-19(4)16-26(24)30(27,28)29/h8-9,12-18,20-21H,7,10-11H2,1-6H3,(H,27,28,29). The fraction of sp³-hybridized carbons (Fsp3) is 0.462. The van der Waals surface area contributed by atoms with Crippen LogP contribution in [0.15, 0.2) is 53.4 Å². The molecule has 2 atom stereocenters. The molecule has 0 aromatic heterocycles. The van der Waals surface area contributed by atoms with Gasteiger partial charge in [0, 0.05) is 0 Å². The molecule has 0 spiro atoms. The summed E-state index contributed by atoms with van der Waals surface area (Å²) in [6, 6.07) is 12.1. The van der Waals surface area contributed by atoms with Crippen LogP contribution in [0.25, 0.3) is 0 Å². The molecule has 164 valence electrons. The van der Waals surface area contributed by atoms with Gasteiger partial charge in [-0.05, 0) is 77.8 Å². The van der Waals surface area contributed by atoms with Gasteiger partial charge in [0.15, 0.2) is 0 Å². The first-order valence-electron chi connectivity index (χ1n) is 10.9. The Balaban J connectivity index is 2.14. The highest BCUT2D eigenvalue weighted by molar-refractivity contribution is 7.85. The zero-order valence-corrected chi connectivity index (χ0v) is 20.0. The van der Waals surface area contributed by atoms with E-state index in [4.69, 9.17) is 0 Å². The first-order valence-corrected chi connectivity index (χ1v) is 12.3. The van der Waals surface area contributed by atoms with Gasteiger partial charge in [0.1, 0.15) is 0 Å². The maximum absolute atomic E-state index is 11.8. The average molecular weight is 429 g/mol. The smallest absolute Gasteiger partial charge is 0.282 e. The summed E-state index contributed by atoms with van der Waals surface area (Å²) in [5, 5.41) is 0. The molecule has 0 amide bonds. The molecule has 0 aliphatic carbocycles. The van der Waals surface area contributed by atoms with Gasteiger partial charge in [0.2, 0.25) is 0 Å². The molecular formula is C26H36O3S. The lowest BCUT2D eigenvalue weighted by Gasteiger charge is -2.17. The van der Waals surface area contributed by atoms with Crippen molar-refractivity contribution in [2.45, 2.75) is 83.5 Å². The summed E-state index contributed by atoms with van der Waals surface area (Å²) >= 11 is 0. The minimum absolute atomic E-state index is 0.00359. The van der Waals surface area contributed by atoms with Crippen LogP contribution >= 0.6 is 0 Å². The predicted octanol–water partition coefficient (Wildman–Crippen LogP) is 7.17. The van der Waals surface area contributed by atoms with Crippen LogP contribution in [0.4, 0.5) is 0 Å². The SMILES string of the molecule is CCC(C)c1ccc(CC=CCC(C)c2ccc(C)cc2S(=O)(=O)O)c(C(C)C)c1. The minimum atomic E-state index is -4.23. The first-order chi connectivity index (χ1) is 14.0. The van der Waals surface area contributed by atoms with E-state index in [0.717, 1.165) is 18.4 Å². The third-order valence-electron chi connectivity index (χ3n) is 5.95. The number of hydrogen-bond donors (Lipinski definition) is 1. The Hall–Kier alpha value is -1.91. The summed E-state index contributed by atoms with van der Waals surface area (Å²) < 4.78 is 33.1. The van der Waals surface area contributed by atoms with E-state index < -0.39 is 10.1 Å². The Morgan fingerprint density at radius 2 is 1.63 bits per heavy atom. The van der Waals surface area contributed by atoms with E-state index in [1.807, 2.05) is 19.9 Å². The van der Waals surface area contributed by atoms with E-state index in [9.17, 15) is 13.0 Å². The van der Waals surface area contributed by atoms with Gasteiger partial charge >= 0.3 is 0 Å². The van der Waals surface area contributed by atoms with Crippen molar-refractivity contribution in [3.63, 3.8) is 0 Å². The highest BCUT2D eigenvalue weighted by Crippen LogP contribution is 2.29. The molecule has 4 heteroatoms. The molecule has 0 saturated heterocycles. The van der Waals surface area contributed by atoms with E-state index in [0.29, 0.717) is 23.8 Å². The van der Waals surface area contributed by atoms with Crippen LogP contribution in [0.3, 0.4) is 0 Å². The lowest BCUT2D eigenvalue weighted by molar-refractivity contribution is 0.481. The predicted molar refractivity (Wildman–Crippen MR) is 126 cm³/mol. The molecule has 1 N–H and O–H groups in total. The third-order valence-corrected chi connectivity index (χ3v) is 6.85. The van der Waals surface area contributed by atoms with E-state index in [1.54, 1.807) is 12.1 Å². The Morgan fingerprint density at radius 3 is 2.23 bits per heavy atom. The quantitative estimate of drug-likeness (QED) is 0.340. The topological polar surface area (TPSA) is 54.4 Å². The van der Waals surface area contributed by atoms with Crippen LogP contribution in [-0.4, -0.2) is 13.0 Å². The van der Waals surface area contributed by atoms with Crippen LogP contribution in [-0.2, 0) is 16.5 Å². The number of benzene rings is 2. The summed E-state index contributed by atoms with van der Waals surface area (Å²) in [4.78, 5) is 0.0196. The zero-order valence-electron chi connectivity index (χ0n) is 19.1. The van der Waals surface area contributed by atoms with E-state index in [2.05, 4.69) is 58.0 Å². The molecule has 2 unspecified atom stereocenters. The molecular weight excluding hydrogens is 392 g/mol. The molecule has 0 fully saturated rings. The van der Waals surface area contributed by atoms with Crippen LogP contribution in [0, 0.1) is 6.92 Å². The molecule has 0 aliphatic heterocycles. The van der Waals surface area contributed by atoms with E-state index in [-0.39, 0.29) is 10.8 Å². The van der Waals surface area contributed by atoms with Crippen molar-refractivity contribution in [2.75, 3.05) is 0 Å². The Labute approximate surface area is 183 Å². The molecule has 0 radical (unpaired) electrons. The van der Waals surface area contributed by atoms with Crippen LogP contribution < -0.4 is 0 Å². The maximum atomic E-state index is 11.8. The van der Waals surface area contributed by atoms with E-state index in [1.165, 1.54) is 16.7 Å². The Bertz CT molecular complexity index is 987. The van der Waals surface area contributed by atoms with Gasteiger partial charge in [-0.3, -0.25) is 4.55 Å². The largest absolute Gasteiger partial charge is 0.294 e. The average Bonchev–Trinajstić information content (AvgIpc) is 2.69. The number of hydrogen-bond acceptors (Lipinski definition) is 2. The van der Waals surface area contributed by atoms with E-state index >= 15 is 0 Å². The van der Waals surface area contributed by atoms with Crippen molar-refractivity contribution in [2.24, 2.45) is 0 Å². The molecule has 2 aromatic rings. The number of allylic oxidation sites excluding steroid dienone is 2. The number of rotatable bonds is 9. The summed E-state index contributed by atoms with van der Waals surface area (Å²) in [7, 11) is -4.23. The highest BCUT2D eigenvalue weighted by Gasteiger charge is 2.19. The second-order valence-electron chi connectivity index (χ2n) is 8.75. The van der Waals surface area contributed by atoms with Crippen LogP contribution in [0.1, 0.15) is 93.0 Å². The van der Waals surface area contributed by atoms with Crippen molar-refractivity contribution < 1.29 is 13.0 Å². The van der Waals surface area contributed by atoms with Gasteiger partial charge < -0.3 is 0 Å². The van der Waals surface area contributed by atoms with Crippen molar-refractivity contribution in [1.82, 2.24) is 0 Å². The zero-order chi connectivity index (χ0) is 22.5. The first kappa shape index (κ1) is 24.4. The highest BCUT2D eigenvalue weighted by atomic mass is 32.2.